The van der Waals surface area contributed by atoms with E-state index in [0.717, 1.165) is 5.56 Å². The summed E-state index contributed by atoms with van der Waals surface area (Å²) >= 11 is 0. The molecule has 2 amide bonds. The Bertz CT molecular complexity index is 813. The van der Waals surface area contributed by atoms with Crippen molar-refractivity contribution in [2.24, 2.45) is 0 Å². The molecule has 3 rings (SSSR count). The summed E-state index contributed by atoms with van der Waals surface area (Å²) in [5.74, 6) is -0.859. The third kappa shape index (κ3) is 4.07. The predicted octanol–water partition coefficient (Wildman–Crippen LogP) is 2.80. The Balaban J connectivity index is 1.56. The molecule has 4 nitrogen and oxygen atoms in total. The molecule has 2 aromatic carbocycles. The van der Waals surface area contributed by atoms with Crippen LogP contribution in [0, 0.1) is 18.6 Å². The minimum absolute atomic E-state index is 0.0404. The molecular weight excluding hydrogens is 338 g/mol. The van der Waals surface area contributed by atoms with Gasteiger partial charge in [0.1, 0.15) is 11.6 Å². The van der Waals surface area contributed by atoms with Crippen molar-refractivity contribution >= 4 is 11.8 Å². The number of benzene rings is 2. The van der Waals surface area contributed by atoms with E-state index in [9.17, 15) is 18.4 Å². The number of piperazine rings is 1. The smallest absolute Gasteiger partial charge is 0.253 e. The lowest BCUT2D eigenvalue weighted by atomic mass is 10.1. The third-order valence-corrected chi connectivity index (χ3v) is 4.59. The molecule has 0 bridgehead atoms. The first-order chi connectivity index (χ1) is 12.4. The van der Waals surface area contributed by atoms with Gasteiger partial charge in [0.25, 0.3) is 5.91 Å². The topological polar surface area (TPSA) is 40.6 Å². The molecular formula is C20H20F2N2O2. The SMILES string of the molecule is Cc1cc(C(=O)N2CCN(C(=O)Cc3ccc(F)cc3)CC2)ccc1F. The lowest BCUT2D eigenvalue weighted by Gasteiger charge is -2.35. The number of hydrogen-bond donors (Lipinski definition) is 0. The standard InChI is InChI=1S/C20H20F2N2O2/c1-14-12-16(4-7-18(14)22)20(26)24-10-8-23(9-11-24)19(25)13-15-2-5-17(21)6-3-15/h2-7,12H,8-11,13H2,1H3. The van der Waals surface area contributed by atoms with Gasteiger partial charge in [0.2, 0.25) is 5.91 Å². The Morgan fingerprint density at radius 2 is 1.54 bits per heavy atom. The van der Waals surface area contributed by atoms with Gasteiger partial charge < -0.3 is 9.80 Å². The maximum absolute atomic E-state index is 13.4. The summed E-state index contributed by atoms with van der Waals surface area (Å²) < 4.78 is 26.3. The van der Waals surface area contributed by atoms with Crippen LogP contribution in [0.3, 0.4) is 0 Å². The van der Waals surface area contributed by atoms with E-state index in [0.29, 0.717) is 37.3 Å². The Hall–Kier alpha value is -2.76. The van der Waals surface area contributed by atoms with Crippen LogP contribution in [0.2, 0.25) is 0 Å². The van der Waals surface area contributed by atoms with Crippen LogP contribution in [0.5, 0.6) is 0 Å². The number of hydrogen-bond acceptors (Lipinski definition) is 2. The molecule has 6 heteroatoms. The summed E-state index contributed by atoms with van der Waals surface area (Å²) in [6.45, 7) is 3.39. The van der Waals surface area contributed by atoms with E-state index in [1.807, 2.05) is 0 Å². The highest BCUT2D eigenvalue weighted by Crippen LogP contribution is 2.14. The van der Waals surface area contributed by atoms with Crippen molar-refractivity contribution in [2.45, 2.75) is 13.3 Å². The van der Waals surface area contributed by atoms with Gasteiger partial charge in [-0.15, -0.1) is 0 Å². The summed E-state index contributed by atoms with van der Waals surface area (Å²) in [5.41, 5.74) is 1.65. The molecule has 0 unspecified atom stereocenters. The Morgan fingerprint density at radius 3 is 2.15 bits per heavy atom. The quantitative estimate of drug-likeness (QED) is 0.847. The van der Waals surface area contributed by atoms with Gasteiger partial charge in [0.05, 0.1) is 6.42 Å². The third-order valence-electron chi connectivity index (χ3n) is 4.59. The van der Waals surface area contributed by atoms with Crippen LogP contribution in [-0.2, 0) is 11.2 Å². The van der Waals surface area contributed by atoms with E-state index in [2.05, 4.69) is 0 Å². The summed E-state index contributed by atoms with van der Waals surface area (Å²) in [6.07, 6.45) is 0.214. The molecule has 0 aliphatic carbocycles. The Kier molecular flexibility index (Phi) is 5.30. The molecule has 1 aliphatic rings. The van der Waals surface area contributed by atoms with Crippen molar-refractivity contribution in [3.05, 3.63) is 70.8 Å². The lowest BCUT2D eigenvalue weighted by Crippen LogP contribution is -2.51. The lowest BCUT2D eigenvalue weighted by molar-refractivity contribution is -0.131. The molecule has 2 aromatic rings. The number of aryl methyl sites for hydroxylation is 1. The van der Waals surface area contributed by atoms with Gasteiger partial charge in [0, 0.05) is 31.7 Å². The number of rotatable bonds is 3. The molecule has 0 spiro atoms. The minimum Gasteiger partial charge on any atom is -0.339 e. The summed E-state index contributed by atoms with van der Waals surface area (Å²) in [4.78, 5) is 28.3. The molecule has 0 radical (unpaired) electrons. The summed E-state index contributed by atoms with van der Waals surface area (Å²) in [7, 11) is 0. The number of halogens is 2. The van der Waals surface area contributed by atoms with Crippen molar-refractivity contribution in [3.63, 3.8) is 0 Å². The maximum atomic E-state index is 13.4. The van der Waals surface area contributed by atoms with Gasteiger partial charge in [-0.3, -0.25) is 9.59 Å². The minimum atomic E-state index is -0.335. The van der Waals surface area contributed by atoms with Crippen molar-refractivity contribution in [3.8, 4) is 0 Å². The van der Waals surface area contributed by atoms with Crippen LogP contribution in [-0.4, -0.2) is 47.8 Å². The van der Waals surface area contributed by atoms with Crippen LogP contribution in [0.1, 0.15) is 21.5 Å². The second kappa shape index (κ2) is 7.64. The van der Waals surface area contributed by atoms with E-state index in [1.165, 1.54) is 24.3 Å². The highest BCUT2D eigenvalue weighted by Gasteiger charge is 2.25. The fourth-order valence-electron chi connectivity index (χ4n) is 3.01. The first kappa shape index (κ1) is 18.0. The van der Waals surface area contributed by atoms with Gasteiger partial charge in [0.15, 0.2) is 0 Å². The molecule has 1 fully saturated rings. The molecule has 136 valence electrons. The fraction of sp³-hybridized carbons (Fsp3) is 0.300. The molecule has 0 saturated carbocycles. The number of carbonyl (C=O) groups excluding carboxylic acids is 2. The van der Waals surface area contributed by atoms with Gasteiger partial charge in [-0.1, -0.05) is 12.1 Å². The van der Waals surface area contributed by atoms with Gasteiger partial charge in [-0.05, 0) is 48.4 Å². The first-order valence-corrected chi connectivity index (χ1v) is 8.51. The van der Waals surface area contributed by atoms with Gasteiger partial charge >= 0.3 is 0 Å². The summed E-state index contributed by atoms with van der Waals surface area (Å²) in [5, 5.41) is 0. The zero-order chi connectivity index (χ0) is 18.7. The normalized spacial score (nSPS) is 14.4. The van der Waals surface area contributed by atoms with E-state index in [4.69, 9.17) is 0 Å². The highest BCUT2D eigenvalue weighted by atomic mass is 19.1. The van der Waals surface area contributed by atoms with E-state index in [1.54, 1.807) is 34.9 Å². The zero-order valence-electron chi connectivity index (χ0n) is 14.5. The average Bonchev–Trinajstić information content (AvgIpc) is 2.65. The molecule has 0 atom stereocenters. The van der Waals surface area contributed by atoms with Crippen molar-refractivity contribution in [2.75, 3.05) is 26.2 Å². The van der Waals surface area contributed by atoms with E-state index >= 15 is 0 Å². The highest BCUT2D eigenvalue weighted by molar-refractivity contribution is 5.94. The van der Waals surface area contributed by atoms with Crippen LogP contribution >= 0.6 is 0 Å². The second-order valence-electron chi connectivity index (χ2n) is 6.44. The molecule has 0 aromatic heterocycles. The Morgan fingerprint density at radius 1 is 0.923 bits per heavy atom. The largest absolute Gasteiger partial charge is 0.339 e. The van der Waals surface area contributed by atoms with Crippen molar-refractivity contribution in [1.29, 1.82) is 0 Å². The van der Waals surface area contributed by atoms with Crippen molar-refractivity contribution < 1.29 is 18.4 Å². The molecule has 1 saturated heterocycles. The summed E-state index contributed by atoms with van der Waals surface area (Å²) in [6, 6.07) is 10.2. The Labute approximate surface area is 151 Å². The monoisotopic (exact) mass is 358 g/mol. The van der Waals surface area contributed by atoms with Crippen LogP contribution in [0.4, 0.5) is 8.78 Å². The molecule has 0 N–H and O–H groups in total. The second-order valence-corrected chi connectivity index (χ2v) is 6.44. The van der Waals surface area contributed by atoms with Crippen LogP contribution in [0.25, 0.3) is 0 Å². The van der Waals surface area contributed by atoms with Gasteiger partial charge in [-0.2, -0.15) is 0 Å². The maximum Gasteiger partial charge on any atom is 0.253 e. The number of amides is 2. The molecule has 26 heavy (non-hydrogen) atoms. The predicted molar refractivity (Wildman–Crippen MR) is 93.7 cm³/mol. The van der Waals surface area contributed by atoms with Crippen LogP contribution in [0.15, 0.2) is 42.5 Å². The first-order valence-electron chi connectivity index (χ1n) is 8.51. The van der Waals surface area contributed by atoms with Crippen molar-refractivity contribution in [1.82, 2.24) is 9.80 Å². The van der Waals surface area contributed by atoms with E-state index < -0.39 is 0 Å². The van der Waals surface area contributed by atoms with Gasteiger partial charge in [-0.25, -0.2) is 8.78 Å². The van der Waals surface area contributed by atoms with Crippen LogP contribution < -0.4 is 0 Å². The van der Waals surface area contributed by atoms with E-state index in [-0.39, 0.29) is 29.9 Å². The zero-order valence-corrected chi connectivity index (χ0v) is 14.5. The fourth-order valence-corrected chi connectivity index (χ4v) is 3.01. The number of nitrogens with zero attached hydrogens (tertiary/aromatic N) is 2. The number of carbonyl (C=O) groups is 2. The molecule has 1 aliphatic heterocycles. The average molecular weight is 358 g/mol. The molecule has 1 heterocycles.